The van der Waals surface area contributed by atoms with Gasteiger partial charge < -0.3 is 33.8 Å². The number of aliphatic hydroxyl groups excluding tert-OH is 1. The van der Waals surface area contributed by atoms with E-state index in [0.717, 1.165) is 121 Å². The molecule has 3 unspecified atom stereocenters. The molecule has 0 aliphatic carbocycles. The molecule has 0 spiro atoms. The van der Waals surface area contributed by atoms with Gasteiger partial charge in [-0.05, 0) is 69.1 Å². The molecule has 0 rings (SSSR count). The fourth-order valence-electron chi connectivity index (χ4n) is 10.3. The fraction of sp³-hybridized carbons (Fsp3) is 0.889. The lowest BCUT2D eigenvalue weighted by molar-refractivity contribution is -0.161. The maximum absolute atomic E-state index is 13.0. The van der Waals surface area contributed by atoms with E-state index in [1.165, 1.54) is 128 Å². The first-order chi connectivity index (χ1) is 43.8. The maximum Gasteiger partial charge on any atom is 0.472 e. The molecule has 0 aliphatic heterocycles. The van der Waals surface area contributed by atoms with Crippen LogP contribution >= 0.6 is 15.6 Å². The van der Waals surface area contributed by atoms with E-state index in [4.69, 9.17) is 37.0 Å². The molecule has 17 nitrogen and oxygen atoms in total. The summed E-state index contributed by atoms with van der Waals surface area (Å²) in [6.45, 7) is 11.7. The van der Waals surface area contributed by atoms with E-state index in [2.05, 4.69) is 72.8 Å². The Kier molecular flexibility index (Phi) is 60.7. The molecule has 0 aliphatic rings. The lowest BCUT2D eigenvalue weighted by Gasteiger charge is -2.21. The molecule has 0 aromatic rings. The second kappa shape index (κ2) is 62.4. The van der Waals surface area contributed by atoms with E-state index in [1.54, 1.807) is 0 Å². The number of unbranched alkanes of at least 4 members (excludes halogenated alkanes) is 32. The van der Waals surface area contributed by atoms with Crippen molar-refractivity contribution >= 4 is 39.5 Å². The van der Waals surface area contributed by atoms with Crippen molar-refractivity contribution in [3.63, 3.8) is 0 Å². The van der Waals surface area contributed by atoms with Crippen LogP contribution in [0.1, 0.15) is 337 Å². The highest BCUT2D eigenvalue weighted by Gasteiger charge is 2.30. The SMILES string of the molecule is CCCCCC/C=C\C=C/CCCCCCCC(=O)O[C@H](COC(=O)CCCCCCCCC(C)C)COP(=O)(O)OC[C@H](O)COP(=O)(O)OC[C@@H](COC(=O)CCCCCCCCCCC(C)CC)OC(=O)CCCCCCCCCCCCCCC(C)C. The van der Waals surface area contributed by atoms with Gasteiger partial charge in [-0.15, -0.1) is 0 Å². The average molecular weight is 1340 g/mol. The van der Waals surface area contributed by atoms with Crippen LogP contribution in [-0.2, 0) is 65.4 Å². The summed E-state index contributed by atoms with van der Waals surface area (Å²) in [7, 11) is -9.92. The Labute approximate surface area is 554 Å². The first-order valence-corrected chi connectivity index (χ1v) is 39.7. The minimum absolute atomic E-state index is 0.0835. The van der Waals surface area contributed by atoms with Crippen LogP contribution in [0.2, 0.25) is 0 Å². The highest BCUT2D eigenvalue weighted by molar-refractivity contribution is 7.47. The summed E-state index contributed by atoms with van der Waals surface area (Å²) >= 11 is 0. The Balaban J connectivity index is 5.28. The van der Waals surface area contributed by atoms with Crippen LogP contribution < -0.4 is 0 Å². The summed E-state index contributed by atoms with van der Waals surface area (Å²) < 4.78 is 68.3. The average Bonchev–Trinajstić information content (AvgIpc) is 3.72. The summed E-state index contributed by atoms with van der Waals surface area (Å²) in [6.07, 6.45) is 49.5. The topological polar surface area (TPSA) is 237 Å². The molecule has 536 valence electrons. The summed E-state index contributed by atoms with van der Waals surface area (Å²) in [6, 6.07) is 0. The standard InChI is InChI=1S/C72H136O17P2/c1-8-10-11-12-13-14-15-16-17-18-22-25-32-41-48-55-72(77)89-68(60-83-70(75)54-47-40-35-34-37-44-51-64(5)6)62-87-91(80,81)85-58-66(73)57-84-90(78,79)86-61-67(59-82-69(74)53-46-39-31-28-27-30-38-45-52-65(7)9-2)88-71(76)56-49-42-33-26-23-20-19-21-24-29-36-43-50-63(3)4/h14-17,63-68,73H,8-13,18-62H2,1-7H3,(H,78,79)(H,80,81)/b15-14-,17-16-/t65?,66-,67-,68-/m1/s1. The van der Waals surface area contributed by atoms with Gasteiger partial charge in [0.2, 0.25) is 0 Å². The minimum atomic E-state index is -4.96. The number of carbonyl (C=O) groups is 4. The molecule has 0 aromatic heterocycles. The molecule has 0 fully saturated rings. The van der Waals surface area contributed by atoms with Crippen molar-refractivity contribution in [1.29, 1.82) is 0 Å². The zero-order valence-electron chi connectivity index (χ0n) is 58.8. The third-order valence-electron chi connectivity index (χ3n) is 16.4. The number of rotatable bonds is 68. The van der Waals surface area contributed by atoms with Gasteiger partial charge in [-0.1, -0.05) is 285 Å². The number of aliphatic hydroxyl groups is 1. The van der Waals surface area contributed by atoms with Crippen LogP contribution in [0.15, 0.2) is 24.3 Å². The van der Waals surface area contributed by atoms with Crippen LogP contribution in [0, 0.1) is 17.8 Å². The smallest absolute Gasteiger partial charge is 0.462 e. The maximum atomic E-state index is 13.0. The lowest BCUT2D eigenvalue weighted by Crippen LogP contribution is -2.30. The predicted molar refractivity (Wildman–Crippen MR) is 367 cm³/mol. The first kappa shape index (κ1) is 88.5. The van der Waals surface area contributed by atoms with Gasteiger partial charge in [-0.2, -0.15) is 0 Å². The Bertz CT molecular complexity index is 1880. The Hall–Kier alpha value is -2.46. The predicted octanol–water partition coefficient (Wildman–Crippen LogP) is 20.2. The van der Waals surface area contributed by atoms with E-state index < -0.39 is 97.5 Å². The Morgan fingerprint density at radius 3 is 0.978 bits per heavy atom. The number of allylic oxidation sites excluding steroid dienone is 4. The van der Waals surface area contributed by atoms with Crippen LogP contribution in [0.5, 0.6) is 0 Å². The van der Waals surface area contributed by atoms with E-state index in [0.29, 0.717) is 31.6 Å². The van der Waals surface area contributed by atoms with Gasteiger partial charge in [0.05, 0.1) is 26.4 Å². The van der Waals surface area contributed by atoms with Crippen molar-refractivity contribution in [3.05, 3.63) is 24.3 Å². The largest absolute Gasteiger partial charge is 0.472 e. The van der Waals surface area contributed by atoms with Gasteiger partial charge >= 0.3 is 39.5 Å². The highest BCUT2D eigenvalue weighted by Crippen LogP contribution is 2.45. The van der Waals surface area contributed by atoms with Crippen LogP contribution in [-0.4, -0.2) is 96.7 Å². The van der Waals surface area contributed by atoms with Crippen molar-refractivity contribution in [2.24, 2.45) is 17.8 Å². The number of carbonyl (C=O) groups excluding carboxylic acids is 4. The van der Waals surface area contributed by atoms with Crippen molar-refractivity contribution in [2.45, 2.75) is 356 Å². The molecule has 0 amide bonds. The number of ether oxygens (including phenoxy) is 4. The number of hydrogen-bond donors (Lipinski definition) is 3. The molecular formula is C72H136O17P2. The molecule has 0 bridgehead atoms. The fourth-order valence-corrected chi connectivity index (χ4v) is 11.9. The second-order valence-corrected chi connectivity index (χ2v) is 29.4. The third kappa shape index (κ3) is 64.6. The van der Waals surface area contributed by atoms with Gasteiger partial charge in [0.1, 0.15) is 19.3 Å². The number of esters is 4. The third-order valence-corrected chi connectivity index (χ3v) is 18.3. The molecule has 19 heteroatoms. The zero-order chi connectivity index (χ0) is 67.3. The van der Waals surface area contributed by atoms with Crippen molar-refractivity contribution in [2.75, 3.05) is 39.6 Å². The first-order valence-electron chi connectivity index (χ1n) is 36.7. The van der Waals surface area contributed by atoms with Gasteiger partial charge in [0, 0.05) is 25.7 Å². The normalized spacial score (nSPS) is 14.6. The number of hydrogen-bond acceptors (Lipinski definition) is 15. The molecule has 0 heterocycles. The number of phosphoric acid groups is 2. The van der Waals surface area contributed by atoms with E-state index >= 15 is 0 Å². The molecule has 0 radical (unpaired) electrons. The molecule has 6 atom stereocenters. The summed E-state index contributed by atoms with van der Waals surface area (Å²) in [4.78, 5) is 72.6. The summed E-state index contributed by atoms with van der Waals surface area (Å²) in [5.41, 5.74) is 0. The highest BCUT2D eigenvalue weighted by atomic mass is 31.2. The molecular weight excluding hydrogens is 1200 g/mol. The molecule has 3 N–H and O–H groups in total. The van der Waals surface area contributed by atoms with Gasteiger partial charge in [0.25, 0.3) is 0 Å². The minimum Gasteiger partial charge on any atom is -0.462 e. The van der Waals surface area contributed by atoms with Crippen LogP contribution in [0.25, 0.3) is 0 Å². The van der Waals surface area contributed by atoms with Crippen molar-refractivity contribution in [1.82, 2.24) is 0 Å². The van der Waals surface area contributed by atoms with Crippen molar-refractivity contribution < 1.29 is 80.2 Å². The number of phosphoric ester groups is 2. The summed E-state index contributed by atoms with van der Waals surface area (Å²) in [5.74, 6) is 0.0705. The summed E-state index contributed by atoms with van der Waals surface area (Å²) in [5, 5.41) is 10.6. The Morgan fingerprint density at radius 2 is 0.648 bits per heavy atom. The van der Waals surface area contributed by atoms with Gasteiger partial charge in [0.15, 0.2) is 12.2 Å². The second-order valence-electron chi connectivity index (χ2n) is 26.5. The van der Waals surface area contributed by atoms with Crippen LogP contribution in [0.4, 0.5) is 0 Å². The van der Waals surface area contributed by atoms with E-state index in [1.807, 2.05) is 0 Å². The lowest BCUT2D eigenvalue weighted by atomic mass is 9.99. The van der Waals surface area contributed by atoms with Gasteiger partial charge in [-0.25, -0.2) is 9.13 Å². The molecule has 0 saturated heterocycles. The molecule has 91 heavy (non-hydrogen) atoms. The molecule has 0 aromatic carbocycles. The monoisotopic (exact) mass is 1330 g/mol. The van der Waals surface area contributed by atoms with Crippen molar-refractivity contribution in [3.8, 4) is 0 Å². The quantitative estimate of drug-likeness (QED) is 0.0169. The molecule has 0 saturated carbocycles. The van der Waals surface area contributed by atoms with E-state index in [9.17, 15) is 43.2 Å². The zero-order valence-corrected chi connectivity index (χ0v) is 60.6. The van der Waals surface area contributed by atoms with Gasteiger partial charge in [-0.3, -0.25) is 37.3 Å². The Morgan fingerprint density at radius 1 is 0.363 bits per heavy atom. The van der Waals surface area contributed by atoms with Crippen LogP contribution in [0.3, 0.4) is 0 Å². The van der Waals surface area contributed by atoms with E-state index in [-0.39, 0.29) is 25.7 Å².